The first kappa shape index (κ1) is 10.3. The molecule has 3 unspecified atom stereocenters. The fourth-order valence-electron chi connectivity index (χ4n) is 3.07. The van der Waals surface area contributed by atoms with Crippen LogP contribution in [0.25, 0.3) is 0 Å². The average molecular weight is 220 g/mol. The Hall–Kier alpha value is -0.870. The molecule has 0 radical (unpaired) electrons. The normalized spacial score (nSPS) is 31.9. The molecule has 3 rings (SSSR count). The van der Waals surface area contributed by atoms with Crippen LogP contribution in [0.2, 0.25) is 0 Å². The molecular weight excluding hydrogens is 200 g/mol. The zero-order chi connectivity index (χ0) is 11.1. The highest BCUT2D eigenvalue weighted by molar-refractivity contribution is 5.10. The quantitative estimate of drug-likeness (QED) is 0.793. The lowest BCUT2D eigenvalue weighted by atomic mass is 10.0. The van der Waals surface area contributed by atoms with E-state index in [2.05, 4.69) is 28.4 Å². The molecule has 1 aromatic rings. The van der Waals surface area contributed by atoms with Crippen LogP contribution in [-0.2, 0) is 7.05 Å². The van der Waals surface area contributed by atoms with Gasteiger partial charge in [-0.1, -0.05) is 0 Å². The van der Waals surface area contributed by atoms with E-state index in [0.717, 1.165) is 11.8 Å². The molecule has 0 amide bonds. The summed E-state index contributed by atoms with van der Waals surface area (Å²) in [4.78, 5) is 2.60. The third-order valence-electron chi connectivity index (χ3n) is 4.17. The van der Waals surface area contributed by atoms with E-state index in [9.17, 15) is 0 Å². The van der Waals surface area contributed by atoms with Crippen LogP contribution >= 0.6 is 0 Å². The van der Waals surface area contributed by atoms with Gasteiger partial charge in [0.15, 0.2) is 0 Å². The zero-order valence-corrected chi connectivity index (χ0v) is 10.1. The van der Waals surface area contributed by atoms with Crippen molar-refractivity contribution in [3.63, 3.8) is 0 Å². The molecule has 88 valence electrons. The van der Waals surface area contributed by atoms with Crippen molar-refractivity contribution in [1.29, 1.82) is 0 Å². The molecule has 1 aromatic heterocycles. The highest BCUT2D eigenvalue weighted by Gasteiger charge is 2.38. The fourth-order valence-corrected chi connectivity index (χ4v) is 3.07. The fraction of sp³-hybridized carbons (Fsp3) is 0.750. The lowest BCUT2D eigenvalue weighted by Gasteiger charge is -2.24. The summed E-state index contributed by atoms with van der Waals surface area (Å²) in [5.74, 6) is 1.75. The van der Waals surface area contributed by atoms with E-state index >= 15 is 0 Å². The Morgan fingerprint density at radius 1 is 1.38 bits per heavy atom. The average Bonchev–Trinajstić information content (AvgIpc) is 2.89. The maximum atomic E-state index is 4.26. The minimum absolute atomic E-state index is 0.513. The van der Waals surface area contributed by atoms with Crippen LogP contribution in [-0.4, -0.2) is 40.9 Å². The minimum atomic E-state index is 0.513. The van der Waals surface area contributed by atoms with Crippen LogP contribution in [0.1, 0.15) is 18.5 Å². The Morgan fingerprint density at radius 3 is 2.62 bits per heavy atom. The lowest BCUT2D eigenvalue weighted by Crippen LogP contribution is -2.28. The number of nitrogens with one attached hydrogen (secondary N) is 1. The van der Waals surface area contributed by atoms with E-state index < -0.39 is 0 Å². The summed E-state index contributed by atoms with van der Waals surface area (Å²) in [6.45, 7) is 7.20. The van der Waals surface area contributed by atoms with Crippen molar-refractivity contribution in [1.82, 2.24) is 20.0 Å². The number of hydrogen-bond acceptors (Lipinski definition) is 3. The monoisotopic (exact) mass is 220 g/mol. The first-order valence-electron chi connectivity index (χ1n) is 6.17. The Labute approximate surface area is 96.6 Å². The van der Waals surface area contributed by atoms with Gasteiger partial charge in [-0.15, -0.1) is 0 Å². The Balaban J connectivity index is 1.70. The Morgan fingerprint density at radius 2 is 2.06 bits per heavy atom. The first-order valence-corrected chi connectivity index (χ1v) is 6.17. The summed E-state index contributed by atoms with van der Waals surface area (Å²) in [5.41, 5.74) is 1.34. The van der Waals surface area contributed by atoms with Crippen molar-refractivity contribution < 1.29 is 0 Å². The second-order valence-corrected chi connectivity index (χ2v) is 5.26. The molecule has 2 saturated heterocycles. The highest BCUT2D eigenvalue weighted by Crippen LogP contribution is 2.32. The SMILES string of the molecule is CC(c1cnn(C)c1)N1CC2CNCC2C1. The minimum Gasteiger partial charge on any atom is -0.316 e. The Bertz CT molecular complexity index is 361. The molecule has 4 heteroatoms. The van der Waals surface area contributed by atoms with E-state index in [-0.39, 0.29) is 0 Å². The maximum absolute atomic E-state index is 4.26. The van der Waals surface area contributed by atoms with Gasteiger partial charge in [-0.05, 0) is 31.8 Å². The molecule has 0 aromatic carbocycles. The van der Waals surface area contributed by atoms with Crippen molar-refractivity contribution in [3.8, 4) is 0 Å². The number of nitrogens with zero attached hydrogens (tertiary/aromatic N) is 3. The second kappa shape index (κ2) is 3.86. The van der Waals surface area contributed by atoms with Gasteiger partial charge in [0.2, 0.25) is 0 Å². The number of aryl methyl sites for hydroxylation is 1. The summed E-state index contributed by atoms with van der Waals surface area (Å²) in [6.07, 6.45) is 4.13. The number of likely N-dealkylation sites (tertiary alicyclic amines) is 1. The van der Waals surface area contributed by atoms with E-state index in [1.165, 1.54) is 31.7 Å². The van der Waals surface area contributed by atoms with Crippen LogP contribution in [0.15, 0.2) is 12.4 Å². The standard InChI is InChI=1S/C12H20N4/c1-9(10-5-14-15(2)6-10)16-7-11-3-13-4-12(11)8-16/h5-6,9,11-13H,3-4,7-8H2,1-2H3. The smallest absolute Gasteiger partial charge is 0.0537 e. The number of aromatic nitrogens is 2. The number of fused-ring (bicyclic) bond motifs is 1. The number of rotatable bonds is 2. The molecule has 2 fully saturated rings. The predicted octanol–water partition coefficient (Wildman–Crippen LogP) is 0.632. The maximum Gasteiger partial charge on any atom is 0.0537 e. The molecule has 0 bridgehead atoms. The van der Waals surface area contributed by atoms with Crippen molar-refractivity contribution in [2.45, 2.75) is 13.0 Å². The topological polar surface area (TPSA) is 33.1 Å². The van der Waals surface area contributed by atoms with Gasteiger partial charge in [-0.25, -0.2) is 0 Å². The molecule has 3 atom stereocenters. The highest BCUT2D eigenvalue weighted by atomic mass is 15.3. The lowest BCUT2D eigenvalue weighted by molar-refractivity contribution is 0.244. The summed E-state index contributed by atoms with van der Waals surface area (Å²) in [7, 11) is 1.98. The molecule has 0 spiro atoms. The zero-order valence-electron chi connectivity index (χ0n) is 10.1. The van der Waals surface area contributed by atoms with Crippen molar-refractivity contribution in [2.75, 3.05) is 26.2 Å². The summed E-state index contributed by atoms with van der Waals surface area (Å²) >= 11 is 0. The molecule has 3 heterocycles. The third-order valence-corrected chi connectivity index (χ3v) is 4.17. The van der Waals surface area contributed by atoms with Gasteiger partial charge in [0.1, 0.15) is 0 Å². The van der Waals surface area contributed by atoms with Crippen LogP contribution in [0.3, 0.4) is 0 Å². The van der Waals surface area contributed by atoms with Gasteiger partial charge >= 0.3 is 0 Å². The van der Waals surface area contributed by atoms with E-state index in [0.29, 0.717) is 6.04 Å². The van der Waals surface area contributed by atoms with Gasteiger partial charge in [0.25, 0.3) is 0 Å². The molecular formula is C12H20N4. The Kier molecular flexibility index (Phi) is 2.48. The molecule has 2 aliphatic heterocycles. The van der Waals surface area contributed by atoms with Crippen LogP contribution < -0.4 is 5.32 Å². The van der Waals surface area contributed by atoms with Crippen LogP contribution in [0.5, 0.6) is 0 Å². The molecule has 2 aliphatic rings. The van der Waals surface area contributed by atoms with Gasteiger partial charge in [0.05, 0.1) is 6.20 Å². The molecule has 0 aliphatic carbocycles. The second-order valence-electron chi connectivity index (χ2n) is 5.26. The van der Waals surface area contributed by atoms with Gasteiger partial charge < -0.3 is 5.32 Å². The molecule has 16 heavy (non-hydrogen) atoms. The van der Waals surface area contributed by atoms with Gasteiger partial charge in [-0.2, -0.15) is 5.10 Å². The number of hydrogen-bond donors (Lipinski definition) is 1. The van der Waals surface area contributed by atoms with Crippen LogP contribution in [0.4, 0.5) is 0 Å². The first-order chi connectivity index (χ1) is 7.74. The van der Waals surface area contributed by atoms with E-state index in [1.54, 1.807) is 0 Å². The van der Waals surface area contributed by atoms with Gasteiger partial charge in [0, 0.05) is 37.9 Å². The van der Waals surface area contributed by atoms with E-state index in [1.807, 2.05) is 17.9 Å². The van der Waals surface area contributed by atoms with Crippen molar-refractivity contribution in [3.05, 3.63) is 18.0 Å². The predicted molar refractivity (Wildman–Crippen MR) is 63.0 cm³/mol. The van der Waals surface area contributed by atoms with Crippen LogP contribution in [0, 0.1) is 11.8 Å². The van der Waals surface area contributed by atoms with Crippen molar-refractivity contribution >= 4 is 0 Å². The third kappa shape index (κ3) is 1.66. The largest absolute Gasteiger partial charge is 0.316 e. The van der Waals surface area contributed by atoms with E-state index in [4.69, 9.17) is 0 Å². The van der Waals surface area contributed by atoms with Gasteiger partial charge in [-0.3, -0.25) is 9.58 Å². The summed E-state index contributed by atoms with van der Waals surface area (Å²) < 4.78 is 1.89. The summed E-state index contributed by atoms with van der Waals surface area (Å²) in [6, 6.07) is 0.513. The molecule has 1 N–H and O–H groups in total. The summed E-state index contributed by atoms with van der Waals surface area (Å²) in [5, 5.41) is 7.74. The molecule has 0 saturated carbocycles. The van der Waals surface area contributed by atoms with Crippen molar-refractivity contribution in [2.24, 2.45) is 18.9 Å². The molecule has 4 nitrogen and oxygen atoms in total.